The maximum absolute atomic E-state index is 12.6. The lowest BCUT2D eigenvalue weighted by Gasteiger charge is -2.11. The van der Waals surface area contributed by atoms with E-state index >= 15 is 0 Å². The molecule has 0 fully saturated rings. The molecular formula is C19H21N3O2. The Morgan fingerprint density at radius 1 is 1.17 bits per heavy atom. The third-order valence-electron chi connectivity index (χ3n) is 3.93. The second-order valence-electron chi connectivity index (χ2n) is 5.67. The van der Waals surface area contributed by atoms with Crippen molar-refractivity contribution in [1.82, 2.24) is 9.88 Å². The molecule has 0 unspecified atom stereocenters. The van der Waals surface area contributed by atoms with Crippen molar-refractivity contribution >= 4 is 22.5 Å². The summed E-state index contributed by atoms with van der Waals surface area (Å²) in [4.78, 5) is 12.6. The molecule has 3 rings (SSSR count). The van der Waals surface area contributed by atoms with Crippen molar-refractivity contribution in [1.29, 1.82) is 0 Å². The Labute approximate surface area is 141 Å². The number of fused-ring (bicyclic) bond motifs is 1. The molecule has 24 heavy (non-hydrogen) atoms. The van der Waals surface area contributed by atoms with Gasteiger partial charge in [0.25, 0.3) is 5.91 Å². The van der Waals surface area contributed by atoms with Crippen LogP contribution < -0.4 is 11.1 Å². The van der Waals surface area contributed by atoms with E-state index in [1.54, 1.807) is 7.11 Å². The van der Waals surface area contributed by atoms with Crippen molar-refractivity contribution in [2.24, 2.45) is 0 Å². The summed E-state index contributed by atoms with van der Waals surface area (Å²) in [6, 6.07) is 17.7. The molecule has 0 atom stereocenters. The zero-order chi connectivity index (χ0) is 16.9. The second-order valence-corrected chi connectivity index (χ2v) is 5.67. The van der Waals surface area contributed by atoms with Crippen LogP contribution in [-0.2, 0) is 11.3 Å². The maximum atomic E-state index is 12.6. The minimum atomic E-state index is -0.113. The average molecular weight is 323 g/mol. The molecule has 124 valence electrons. The van der Waals surface area contributed by atoms with Gasteiger partial charge in [0.1, 0.15) is 5.69 Å². The van der Waals surface area contributed by atoms with Crippen molar-refractivity contribution in [3.63, 3.8) is 0 Å². The van der Waals surface area contributed by atoms with Gasteiger partial charge in [0.05, 0.1) is 6.61 Å². The molecule has 5 nitrogen and oxygen atoms in total. The zero-order valence-electron chi connectivity index (χ0n) is 13.7. The number of amides is 1. The number of nitrogens with zero attached hydrogens (tertiary/aromatic N) is 1. The van der Waals surface area contributed by atoms with Gasteiger partial charge in [0, 0.05) is 36.8 Å². The van der Waals surface area contributed by atoms with E-state index in [2.05, 4.69) is 17.4 Å². The first-order valence-corrected chi connectivity index (χ1v) is 7.89. The van der Waals surface area contributed by atoms with Gasteiger partial charge < -0.3 is 20.4 Å². The van der Waals surface area contributed by atoms with Crippen LogP contribution in [0.3, 0.4) is 0 Å². The summed E-state index contributed by atoms with van der Waals surface area (Å²) in [5, 5.41) is 3.85. The Bertz CT molecular complexity index is 840. The molecule has 0 saturated heterocycles. The maximum Gasteiger partial charge on any atom is 0.268 e. The predicted octanol–water partition coefficient (Wildman–Crippen LogP) is 2.65. The number of rotatable bonds is 6. The third-order valence-corrected chi connectivity index (χ3v) is 3.93. The van der Waals surface area contributed by atoms with Crippen molar-refractivity contribution < 1.29 is 9.53 Å². The first-order chi connectivity index (χ1) is 11.7. The van der Waals surface area contributed by atoms with Crippen LogP contribution in [0.1, 0.15) is 16.1 Å². The molecule has 3 aromatic rings. The molecule has 0 bridgehead atoms. The number of hydrogen-bond acceptors (Lipinski definition) is 3. The highest BCUT2D eigenvalue weighted by Gasteiger charge is 2.15. The first kappa shape index (κ1) is 16.1. The number of hydrogen-bond donors (Lipinski definition) is 2. The standard InChI is InChI=1S/C19H21N3O2/c1-24-10-9-21-19(23)18-12-15-11-16(20)7-8-17(15)22(18)13-14-5-3-2-4-6-14/h2-8,11-12H,9-10,13,20H2,1H3,(H,21,23). The number of ether oxygens (including phenoxy) is 1. The van der Waals surface area contributed by atoms with Gasteiger partial charge in [0.15, 0.2) is 0 Å². The Hall–Kier alpha value is -2.79. The van der Waals surface area contributed by atoms with Crippen LogP contribution in [0, 0.1) is 0 Å². The molecule has 0 radical (unpaired) electrons. The quantitative estimate of drug-likeness (QED) is 0.541. The summed E-state index contributed by atoms with van der Waals surface area (Å²) >= 11 is 0. The lowest BCUT2D eigenvalue weighted by molar-refractivity contribution is 0.0928. The van der Waals surface area contributed by atoms with Crippen LogP contribution in [-0.4, -0.2) is 30.7 Å². The van der Waals surface area contributed by atoms with Crippen LogP contribution in [0.25, 0.3) is 10.9 Å². The van der Waals surface area contributed by atoms with E-state index in [9.17, 15) is 4.79 Å². The van der Waals surface area contributed by atoms with Crippen molar-refractivity contribution in [3.8, 4) is 0 Å². The van der Waals surface area contributed by atoms with Gasteiger partial charge in [-0.15, -0.1) is 0 Å². The van der Waals surface area contributed by atoms with Crippen molar-refractivity contribution in [3.05, 3.63) is 65.9 Å². The topological polar surface area (TPSA) is 69.3 Å². The van der Waals surface area contributed by atoms with E-state index in [1.165, 1.54) is 0 Å². The van der Waals surface area contributed by atoms with Gasteiger partial charge in [-0.25, -0.2) is 0 Å². The van der Waals surface area contributed by atoms with Crippen LogP contribution in [0.4, 0.5) is 5.69 Å². The molecule has 1 amide bonds. The number of nitrogens with two attached hydrogens (primary N) is 1. The molecular weight excluding hydrogens is 302 g/mol. The molecule has 5 heteroatoms. The SMILES string of the molecule is COCCNC(=O)c1cc2cc(N)ccc2n1Cc1ccccc1. The molecule has 1 aromatic heterocycles. The highest BCUT2D eigenvalue weighted by Crippen LogP contribution is 2.23. The van der Waals surface area contributed by atoms with Crippen LogP contribution in [0.5, 0.6) is 0 Å². The van der Waals surface area contributed by atoms with Crippen molar-refractivity contribution in [2.45, 2.75) is 6.54 Å². The molecule has 0 aliphatic carbocycles. The van der Waals surface area contributed by atoms with Gasteiger partial charge in [-0.3, -0.25) is 4.79 Å². The summed E-state index contributed by atoms with van der Waals surface area (Å²) in [6.45, 7) is 1.59. The Kier molecular flexibility index (Phi) is 4.82. The lowest BCUT2D eigenvalue weighted by Crippen LogP contribution is -2.29. The Morgan fingerprint density at radius 2 is 1.96 bits per heavy atom. The monoisotopic (exact) mass is 323 g/mol. The summed E-state index contributed by atoms with van der Waals surface area (Å²) in [5.74, 6) is -0.113. The fourth-order valence-corrected chi connectivity index (χ4v) is 2.77. The first-order valence-electron chi connectivity index (χ1n) is 7.89. The van der Waals surface area contributed by atoms with E-state index < -0.39 is 0 Å². The van der Waals surface area contributed by atoms with E-state index in [0.717, 1.165) is 16.5 Å². The van der Waals surface area contributed by atoms with Gasteiger partial charge in [0.2, 0.25) is 0 Å². The fourth-order valence-electron chi connectivity index (χ4n) is 2.77. The molecule has 1 heterocycles. The van der Waals surface area contributed by atoms with E-state index in [-0.39, 0.29) is 5.91 Å². The number of nitrogen functional groups attached to an aromatic ring is 1. The average Bonchev–Trinajstić information content (AvgIpc) is 2.93. The summed E-state index contributed by atoms with van der Waals surface area (Å²) in [6.07, 6.45) is 0. The summed E-state index contributed by atoms with van der Waals surface area (Å²) in [5.41, 5.74) is 9.32. The van der Waals surface area contributed by atoms with Gasteiger partial charge in [-0.1, -0.05) is 30.3 Å². The number of carbonyl (C=O) groups excluding carboxylic acids is 1. The Morgan fingerprint density at radius 3 is 2.71 bits per heavy atom. The van der Waals surface area contributed by atoms with E-state index in [1.807, 2.05) is 47.0 Å². The van der Waals surface area contributed by atoms with Gasteiger partial charge in [-0.2, -0.15) is 0 Å². The van der Waals surface area contributed by atoms with Gasteiger partial charge >= 0.3 is 0 Å². The summed E-state index contributed by atoms with van der Waals surface area (Å²) in [7, 11) is 1.61. The summed E-state index contributed by atoms with van der Waals surface area (Å²) < 4.78 is 7.01. The smallest absolute Gasteiger partial charge is 0.268 e. The minimum Gasteiger partial charge on any atom is -0.399 e. The number of carbonyl (C=O) groups is 1. The molecule has 3 N–H and O–H groups in total. The molecule has 0 saturated carbocycles. The fraction of sp³-hybridized carbons (Fsp3) is 0.211. The van der Waals surface area contributed by atoms with Crippen molar-refractivity contribution in [2.75, 3.05) is 26.0 Å². The molecule has 2 aromatic carbocycles. The third kappa shape index (κ3) is 3.41. The minimum absolute atomic E-state index is 0.113. The normalized spacial score (nSPS) is 10.9. The highest BCUT2D eigenvalue weighted by molar-refractivity contribution is 5.99. The lowest BCUT2D eigenvalue weighted by atomic mass is 10.2. The van der Waals surface area contributed by atoms with Crippen LogP contribution >= 0.6 is 0 Å². The zero-order valence-corrected chi connectivity index (χ0v) is 13.7. The van der Waals surface area contributed by atoms with Crippen LogP contribution in [0.15, 0.2) is 54.6 Å². The number of anilines is 1. The molecule has 0 aliphatic heterocycles. The molecule has 0 spiro atoms. The number of nitrogens with one attached hydrogen (secondary N) is 1. The number of benzene rings is 2. The predicted molar refractivity (Wildman–Crippen MR) is 96.1 cm³/mol. The van der Waals surface area contributed by atoms with Crippen LogP contribution in [0.2, 0.25) is 0 Å². The largest absolute Gasteiger partial charge is 0.399 e. The highest BCUT2D eigenvalue weighted by atomic mass is 16.5. The number of methoxy groups -OCH3 is 1. The van der Waals surface area contributed by atoms with Gasteiger partial charge in [-0.05, 0) is 29.8 Å². The second kappa shape index (κ2) is 7.19. The number of aromatic nitrogens is 1. The Balaban J connectivity index is 1.99. The molecule has 0 aliphatic rings. The van der Waals surface area contributed by atoms with E-state index in [0.29, 0.717) is 31.1 Å². The van der Waals surface area contributed by atoms with E-state index in [4.69, 9.17) is 10.5 Å².